The van der Waals surface area contributed by atoms with Crippen molar-refractivity contribution in [3.8, 4) is 0 Å². The molecule has 0 spiro atoms. The van der Waals surface area contributed by atoms with Crippen molar-refractivity contribution in [1.82, 2.24) is 15.5 Å². The molecule has 1 unspecified atom stereocenters. The predicted octanol–water partition coefficient (Wildman–Crippen LogP) is 0.228. The Balaban J connectivity index is 1.33. The zero-order valence-electron chi connectivity index (χ0n) is 12.5. The number of morpholine rings is 1. The molecule has 0 saturated carbocycles. The third-order valence-corrected chi connectivity index (χ3v) is 5.16. The summed E-state index contributed by atoms with van der Waals surface area (Å²) in [6, 6.07) is 0. The quantitative estimate of drug-likeness (QED) is 0.755. The summed E-state index contributed by atoms with van der Waals surface area (Å²) in [6.45, 7) is 4.15. The van der Waals surface area contributed by atoms with Crippen molar-refractivity contribution in [2.24, 2.45) is 0 Å². The predicted molar refractivity (Wildman–Crippen MR) is 85.2 cm³/mol. The molecule has 1 atom stereocenters. The number of nitrogens with zero attached hydrogens (tertiary/aromatic N) is 1. The number of hydrogen-bond acceptors (Lipinski definition) is 6. The normalized spacial score (nSPS) is 25.1. The molecular weight excluding hydrogens is 302 g/mol. The Labute approximate surface area is 134 Å². The molecule has 1 amide bonds. The van der Waals surface area contributed by atoms with Gasteiger partial charge in [-0.3, -0.25) is 14.5 Å². The highest BCUT2D eigenvalue weighted by Gasteiger charge is 2.26. The van der Waals surface area contributed by atoms with Crippen molar-refractivity contribution in [2.45, 2.75) is 18.2 Å². The van der Waals surface area contributed by atoms with E-state index in [9.17, 15) is 9.59 Å². The van der Waals surface area contributed by atoms with Crippen LogP contribution in [-0.2, 0) is 14.3 Å². The van der Waals surface area contributed by atoms with Gasteiger partial charge in [-0.15, -0.1) is 11.8 Å². The first-order valence-electron chi connectivity index (χ1n) is 7.65. The zero-order chi connectivity index (χ0) is 15.4. The highest BCUT2D eigenvalue weighted by molar-refractivity contribution is 8.03. The van der Waals surface area contributed by atoms with E-state index in [0.29, 0.717) is 32.7 Å². The number of carbonyl (C=O) groups is 2. The number of rotatable bonds is 5. The van der Waals surface area contributed by atoms with Gasteiger partial charge in [0.25, 0.3) is 0 Å². The average Bonchev–Trinajstić information content (AvgIpc) is 2.90. The first-order chi connectivity index (χ1) is 10.7. The van der Waals surface area contributed by atoms with Crippen molar-refractivity contribution < 1.29 is 14.3 Å². The van der Waals surface area contributed by atoms with Crippen LogP contribution in [0.2, 0.25) is 0 Å². The Morgan fingerprint density at radius 1 is 1.41 bits per heavy atom. The zero-order valence-corrected chi connectivity index (χ0v) is 13.3. The van der Waals surface area contributed by atoms with Gasteiger partial charge in [0.15, 0.2) is 5.78 Å². The highest BCUT2D eigenvalue weighted by Crippen LogP contribution is 2.36. The number of ether oxygens (including phenoxy) is 1. The third-order valence-electron chi connectivity index (χ3n) is 3.87. The van der Waals surface area contributed by atoms with Crippen LogP contribution < -0.4 is 10.6 Å². The number of carbonyl (C=O) groups excluding carboxylic acids is 2. The van der Waals surface area contributed by atoms with Gasteiger partial charge in [0.2, 0.25) is 5.91 Å². The van der Waals surface area contributed by atoms with Crippen LogP contribution in [0.3, 0.4) is 0 Å². The minimum Gasteiger partial charge on any atom is -0.379 e. The van der Waals surface area contributed by atoms with Crippen LogP contribution in [0.25, 0.3) is 0 Å². The summed E-state index contributed by atoms with van der Waals surface area (Å²) in [5.41, 5.74) is 1.06. The van der Waals surface area contributed by atoms with Crippen LogP contribution in [0.1, 0.15) is 12.8 Å². The first kappa shape index (κ1) is 15.6. The lowest BCUT2D eigenvalue weighted by atomic mass is 10.1. The molecule has 0 aromatic carbocycles. The molecule has 2 aliphatic heterocycles. The van der Waals surface area contributed by atoms with E-state index in [1.54, 1.807) is 17.8 Å². The standard InChI is InChI=1S/C15H21N3O3S/c19-11-1-2-12-13(9-11)22-15(17-12)3-4-16-14(20)10-18-5-7-21-8-6-18/h1-2,15,17H,3-10H2,(H,16,20). The van der Waals surface area contributed by atoms with Crippen molar-refractivity contribution in [3.05, 3.63) is 22.8 Å². The van der Waals surface area contributed by atoms with Crippen LogP contribution in [0.15, 0.2) is 22.8 Å². The second kappa shape index (κ2) is 7.30. The van der Waals surface area contributed by atoms with Crippen LogP contribution in [0, 0.1) is 0 Å². The van der Waals surface area contributed by atoms with Gasteiger partial charge < -0.3 is 15.4 Å². The van der Waals surface area contributed by atoms with Crippen LogP contribution >= 0.6 is 11.8 Å². The Morgan fingerprint density at radius 3 is 3.05 bits per heavy atom. The van der Waals surface area contributed by atoms with Gasteiger partial charge in [-0.2, -0.15) is 0 Å². The van der Waals surface area contributed by atoms with Gasteiger partial charge in [-0.25, -0.2) is 0 Å². The SMILES string of the molecule is O=C1C=CC2=C(C1)SC(CCNC(=O)CN1CCOCC1)N2. The summed E-state index contributed by atoms with van der Waals surface area (Å²) in [7, 11) is 0. The van der Waals surface area contributed by atoms with E-state index in [1.807, 2.05) is 6.08 Å². The number of nitrogens with one attached hydrogen (secondary N) is 2. The number of amides is 1. The van der Waals surface area contributed by atoms with E-state index in [2.05, 4.69) is 15.5 Å². The summed E-state index contributed by atoms with van der Waals surface area (Å²) in [6.07, 6.45) is 4.82. The molecule has 1 aliphatic carbocycles. The molecule has 0 aromatic rings. The lowest BCUT2D eigenvalue weighted by molar-refractivity contribution is -0.123. The molecular formula is C15H21N3O3S. The lowest BCUT2D eigenvalue weighted by Gasteiger charge is -2.25. The Hall–Kier alpha value is -1.31. The van der Waals surface area contributed by atoms with Gasteiger partial charge in [-0.1, -0.05) is 0 Å². The summed E-state index contributed by atoms with van der Waals surface area (Å²) in [5.74, 6) is 0.227. The molecule has 0 aromatic heterocycles. The number of allylic oxidation sites excluding steroid dienone is 3. The molecule has 6 nitrogen and oxygen atoms in total. The lowest BCUT2D eigenvalue weighted by Crippen LogP contribution is -2.43. The molecule has 7 heteroatoms. The Kier molecular flexibility index (Phi) is 5.17. The van der Waals surface area contributed by atoms with Gasteiger partial charge in [0.1, 0.15) is 0 Å². The maximum absolute atomic E-state index is 11.9. The van der Waals surface area contributed by atoms with Crippen molar-refractivity contribution in [1.29, 1.82) is 0 Å². The fraction of sp³-hybridized carbons (Fsp3) is 0.600. The average molecular weight is 323 g/mol. The van der Waals surface area contributed by atoms with E-state index < -0.39 is 0 Å². The van der Waals surface area contributed by atoms with Crippen LogP contribution in [-0.4, -0.2) is 61.4 Å². The molecule has 0 radical (unpaired) electrons. The van der Waals surface area contributed by atoms with E-state index in [1.165, 1.54) is 0 Å². The van der Waals surface area contributed by atoms with Gasteiger partial charge >= 0.3 is 0 Å². The fourth-order valence-corrected chi connectivity index (χ4v) is 3.93. The van der Waals surface area contributed by atoms with Gasteiger partial charge in [0.05, 0.1) is 25.1 Å². The van der Waals surface area contributed by atoms with E-state index in [-0.39, 0.29) is 17.1 Å². The first-order valence-corrected chi connectivity index (χ1v) is 8.53. The van der Waals surface area contributed by atoms with Crippen molar-refractivity contribution in [2.75, 3.05) is 39.4 Å². The minimum absolute atomic E-state index is 0.0673. The Morgan fingerprint density at radius 2 is 2.23 bits per heavy atom. The molecule has 2 heterocycles. The van der Waals surface area contributed by atoms with Crippen LogP contribution in [0.4, 0.5) is 0 Å². The molecule has 2 N–H and O–H groups in total. The largest absolute Gasteiger partial charge is 0.379 e. The van der Waals surface area contributed by atoms with Crippen LogP contribution in [0.5, 0.6) is 0 Å². The maximum atomic E-state index is 11.9. The maximum Gasteiger partial charge on any atom is 0.234 e. The summed E-state index contributed by atoms with van der Waals surface area (Å²) in [4.78, 5) is 26.5. The molecule has 120 valence electrons. The van der Waals surface area contributed by atoms with Crippen molar-refractivity contribution >= 4 is 23.5 Å². The van der Waals surface area contributed by atoms with E-state index in [4.69, 9.17) is 4.74 Å². The number of hydrogen-bond donors (Lipinski definition) is 2. The topological polar surface area (TPSA) is 70.7 Å². The molecule has 3 aliphatic rings. The van der Waals surface area contributed by atoms with Gasteiger partial charge in [0, 0.05) is 36.7 Å². The van der Waals surface area contributed by atoms with E-state index >= 15 is 0 Å². The summed E-state index contributed by atoms with van der Waals surface area (Å²) in [5, 5.41) is 6.60. The fourth-order valence-electron chi connectivity index (χ4n) is 2.68. The summed E-state index contributed by atoms with van der Waals surface area (Å²) < 4.78 is 5.27. The second-order valence-electron chi connectivity index (χ2n) is 5.59. The summed E-state index contributed by atoms with van der Waals surface area (Å²) >= 11 is 1.70. The molecule has 22 heavy (non-hydrogen) atoms. The highest BCUT2D eigenvalue weighted by atomic mass is 32.2. The second-order valence-corrected chi connectivity index (χ2v) is 6.89. The minimum atomic E-state index is 0.0673. The molecule has 1 fully saturated rings. The number of thioether (sulfide) groups is 1. The smallest absolute Gasteiger partial charge is 0.234 e. The molecule has 1 saturated heterocycles. The molecule has 0 bridgehead atoms. The van der Waals surface area contributed by atoms with Crippen molar-refractivity contribution in [3.63, 3.8) is 0 Å². The third kappa shape index (κ3) is 4.12. The number of ketones is 1. The van der Waals surface area contributed by atoms with Gasteiger partial charge in [-0.05, 0) is 18.6 Å². The van der Waals surface area contributed by atoms with E-state index in [0.717, 1.165) is 30.1 Å². The Bertz CT molecular complexity index is 512. The molecule has 3 rings (SSSR count). The monoisotopic (exact) mass is 323 g/mol.